The van der Waals surface area contributed by atoms with E-state index in [9.17, 15) is 18.8 Å². The molecule has 2 fully saturated rings. The molecule has 0 aliphatic carbocycles. The summed E-state index contributed by atoms with van der Waals surface area (Å²) in [6.45, 7) is 4.11. The molecule has 0 radical (unpaired) electrons. The Bertz CT molecular complexity index is 1480. The van der Waals surface area contributed by atoms with Crippen molar-refractivity contribution in [1.29, 1.82) is 0 Å². The summed E-state index contributed by atoms with van der Waals surface area (Å²) >= 11 is 6.20. The molecule has 0 unspecified atom stereocenters. The van der Waals surface area contributed by atoms with Gasteiger partial charge in [0, 0.05) is 27.9 Å². The summed E-state index contributed by atoms with van der Waals surface area (Å²) in [5.74, 6) is -2.99. The van der Waals surface area contributed by atoms with E-state index in [2.05, 4.69) is 5.32 Å². The maximum absolute atomic E-state index is 14.7. The molecule has 194 valence electrons. The van der Waals surface area contributed by atoms with Gasteiger partial charge >= 0.3 is 0 Å². The van der Waals surface area contributed by atoms with Crippen molar-refractivity contribution >= 4 is 40.7 Å². The van der Waals surface area contributed by atoms with E-state index in [-0.39, 0.29) is 24.3 Å². The molecule has 0 saturated carbocycles. The lowest BCUT2D eigenvalue weighted by molar-refractivity contribution is -0.132. The fourth-order valence-electron chi connectivity index (χ4n) is 6.48. The van der Waals surface area contributed by atoms with Crippen LogP contribution in [0, 0.1) is 23.6 Å². The third kappa shape index (κ3) is 3.52. The molecule has 3 aromatic carbocycles. The van der Waals surface area contributed by atoms with Gasteiger partial charge in [-0.2, -0.15) is 0 Å². The van der Waals surface area contributed by atoms with Crippen LogP contribution in [0.3, 0.4) is 0 Å². The topological polar surface area (TPSA) is 69.7 Å². The zero-order valence-electron chi connectivity index (χ0n) is 21.0. The van der Waals surface area contributed by atoms with E-state index in [0.29, 0.717) is 33.9 Å². The third-order valence-electron chi connectivity index (χ3n) is 7.94. The summed E-state index contributed by atoms with van der Waals surface area (Å²) in [6.07, 6.45) is 0.605. The number of imide groups is 1. The molecule has 3 aliphatic rings. The van der Waals surface area contributed by atoms with Crippen LogP contribution in [0.4, 0.5) is 15.8 Å². The van der Waals surface area contributed by atoms with Gasteiger partial charge in [-0.15, -0.1) is 0 Å². The van der Waals surface area contributed by atoms with Crippen LogP contribution in [-0.2, 0) is 26.5 Å². The summed E-state index contributed by atoms with van der Waals surface area (Å²) in [7, 11) is 0. The predicted molar refractivity (Wildman–Crippen MR) is 143 cm³/mol. The SMILES string of the molecule is CC(C)C[C@@H]1N[C@]2(C(=O)N(Cc3ccccc3F)c3ccccc32)[C@H]2C(=O)N(c3cccc(Cl)c3)C(=O)[C@H]12. The average molecular weight is 532 g/mol. The number of amides is 3. The molecule has 6 nitrogen and oxygen atoms in total. The molecule has 0 bridgehead atoms. The molecule has 3 aliphatic heterocycles. The molecule has 6 rings (SSSR count). The molecule has 8 heteroatoms. The van der Waals surface area contributed by atoms with E-state index in [1.807, 2.05) is 38.1 Å². The Morgan fingerprint density at radius 3 is 2.45 bits per heavy atom. The lowest BCUT2D eigenvalue weighted by Crippen LogP contribution is -2.55. The number of nitrogens with zero attached hydrogens (tertiary/aromatic N) is 2. The van der Waals surface area contributed by atoms with Crippen molar-refractivity contribution in [3.63, 3.8) is 0 Å². The fraction of sp³-hybridized carbons (Fsp3) is 0.300. The van der Waals surface area contributed by atoms with Crippen LogP contribution in [-0.4, -0.2) is 23.8 Å². The summed E-state index contributed by atoms with van der Waals surface area (Å²) in [5.41, 5.74) is 0.569. The predicted octanol–water partition coefficient (Wildman–Crippen LogP) is 5.04. The number of hydrogen-bond donors (Lipinski definition) is 1. The van der Waals surface area contributed by atoms with E-state index in [4.69, 9.17) is 11.6 Å². The minimum atomic E-state index is -1.44. The van der Waals surface area contributed by atoms with E-state index < -0.39 is 35.1 Å². The van der Waals surface area contributed by atoms with Gasteiger partial charge in [-0.1, -0.05) is 67.9 Å². The van der Waals surface area contributed by atoms with Crippen LogP contribution in [0.5, 0.6) is 0 Å². The number of rotatable bonds is 5. The number of para-hydroxylation sites is 1. The molecule has 3 amide bonds. The van der Waals surface area contributed by atoms with Gasteiger partial charge in [0.05, 0.1) is 24.1 Å². The van der Waals surface area contributed by atoms with Crippen molar-refractivity contribution in [3.8, 4) is 0 Å². The van der Waals surface area contributed by atoms with E-state index in [0.717, 1.165) is 0 Å². The Labute approximate surface area is 225 Å². The van der Waals surface area contributed by atoms with Gasteiger partial charge in [0.25, 0.3) is 5.91 Å². The van der Waals surface area contributed by atoms with Gasteiger partial charge in [-0.25, -0.2) is 9.29 Å². The molecular weight excluding hydrogens is 505 g/mol. The lowest BCUT2D eigenvalue weighted by Gasteiger charge is -2.31. The number of benzene rings is 3. The van der Waals surface area contributed by atoms with Gasteiger partial charge < -0.3 is 4.90 Å². The quantitative estimate of drug-likeness (QED) is 0.468. The van der Waals surface area contributed by atoms with Gasteiger partial charge in [0.2, 0.25) is 11.8 Å². The highest BCUT2D eigenvalue weighted by atomic mass is 35.5. The molecule has 3 heterocycles. The van der Waals surface area contributed by atoms with Crippen molar-refractivity contribution in [2.24, 2.45) is 17.8 Å². The van der Waals surface area contributed by atoms with Crippen LogP contribution < -0.4 is 15.1 Å². The first-order valence-electron chi connectivity index (χ1n) is 12.8. The first-order valence-corrected chi connectivity index (χ1v) is 13.2. The number of hydrogen-bond acceptors (Lipinski definition) is 4. The maximum atomic E-state index is 14.7. The van der Waals surface area contributed by atoms with E-state index in [1.54, 1.807) is 42.5 Å². The fourth-order valence-corrected chi connectivity index (χ4v) is 6.67. The van der Waals surface area contributed by atoms with Crippen molar-refractivity contribution in [2.75, 3.05) is 9.80 Å². The largest absolute Gasteiger partial charge is 0.306 e. The van der Waals surface area contributed by atoms with Crippen molar-refractivity contribution in [1.82, 2.24) is 5.32 Å². The highest BCUT2D eigenvalue weighted by molar-refractivity contribution is 6.31. The summed E-state index contributed by atoms with van der Waals surface area (Å²) in [6, 6.07) is 19.9. The first kappa shape index (κ1) is 24.8. The zero-order valence-corrected chi connectivity index (χ0v) is 21.8. The lowest BCUT2D eigenvalue weighted by atomic mass is 9.76. The monoisotopic (exact) mass is 531 g/mol. The second-order valence-corrected chi connectivity index (χ2v) is 11.1. The molecule has 2 saturated heterocycles. The van der Waals surface area contributed by atoms with Gasteiger partial charge in [-0.3, -0.25) is 19.7 Å². The number of carbonyl (C=O) groups is 3. The van der Waals surface area contributed by atoms with Gasteiger partial charge in [0.15, 0.2) is 0 Å². The normalized spacial score (nSPS) is 26.1. The van der Waals surface area contributed by atoms with Crippen molar-refractivity contribution in [3.05, 3.63) is 94.8 Å². The molecular formula is C30H27ClFN3O3. The molecule has 3 aromatic rings. The minimum Gasteiger partial charge on any atom is -0.306 e. The zero-order chi connectivity index (χ0) is 26.8. The molecule has 38 heavy (non-hydrogen) atoms. The number of halogens is 2. The highest BCUT2D eigenvalue weighted by Crippen LogP contribution is 2.56. The van der Waals surface area contributed by atoms with Crippen LogP contribution in [0.15, 0.2) is 72.8 Å². The van der Waals surface area contributed by atoms with E-state index in [1.165, 1.54) is 15.9 Å². The van der Waals surface area contributed by atoms with Gasteiger partial charge in [0.1, 0.15) is 11.4 Å². The standard InChI is InChI=1S/C30H27ClFN3O3/c1-17(2)14-23-25-26(28(37)35(27(25)36)20-10-7-9-19(31)15-20)30(33-23)21-11-4-6-13-24(21)34(29(30)38)16-18-8-3-5-12-22(18)32/h3-13,15,17,23,25-26,33H,14,16H2,1-2H3/t23-,25+,26+,30-/m0/s1. The maximum Gasteiger partial charge on any atom is 0.253 e. The smallest absolute Gasteiger partial charge is 0.253 e. The first-order chi connectivity index (χ1) is 18.2. The highest BCUT2D eigenvalue weighted by Gasteiger charge is 2.71. The number of anilines is 2. The summed E-state index contributed by atoms with van der Waals surface area (Å²) in [4.78, 5) is 45.3. The van der Waals surface area contributed by atoms with Crippen molar-refractivity contribution < 1.29 is 18.8 Å². The van der Waals surface area contributed by atoms with Crippen molar-refractivity contribution in [2.45, 2.75) is 38.4 Å². The molecule has 4 atom stereocenters. The van der Waals surface area contributed by atoms with Crippen LogP contribution in [0.25, 0.3) is 0 Å². The Hall–Kier alpha value is -3.55. The summed E-state index contributed by atoms with van der Waals surface area (Å²) in [5, 5.41) is 3.91. The van der Waals surface area contributed by atoms with Crippen LogP contribution in [0.1, 0.15) is 31.4 Å². The second kappa shape index (κ2) is 9.03. The number of fused-ring (bicyclic) bond motifs is 4. The molecule has 0 aromatic heterocycles. The Morgan fingerprint density at radius 1 is 0.974 bits per heavy atom. The Morgan fingerprint density at radius 2 is 1.71 bits per heavy atom. The third-order valence-corrected chi connectivity index (χ3v) is 8.18. The van der Waals surface area contributed by atoms with Gasteiger partial charge in [-0.05, 0) is 42.7 Å². The van der Waals surface area contributed by atoms with E-state index >= 15 is 0 Å². The number of carbonyl (C=O) groups excluding carboxylic acids is 3. The minimum absolute atomic E-state index is 0.0122. The number of nitrogens with one attached hydrogen (secondary N) is 1. The second-order valence-electron chi connectivity index (χ2n) is 10.7. The van der Waals surface area contributed by atoms with Crippen LogP contribution >= 0.6 is 11.6 Å². The molecule has 1 spiro atoms. The van der Waals surface area contributed by atoms with Crippen LogP contribution in [0.2, 0.25) is 5.02 Å². The molecule has 1 N–H and O–H groups in total. The Balaban J connectivity index is 1.50. The Kier molecular flexibility index (Phi) is 5.89. The average Bonchev–Trinajstić information content (AvgIpc) is 3.44. The summed E-state index contributed by atoms with van der Waals surface area (Å²) < 4.78 is 14.7.